The number of ether oxygens (including phenoxy) is 1. The number of aromatic nitrogens is 3. The minimum Gasteiger partial charge on any atom is -0.493 e. The van der Waals surface area contributed by atoms with Crippen LogP contribution in [0.25, 0.3) is 10.9 Å². The molecule has 0 saturated heterocycles. The van der Waals surface area contributed by atoms with Gasteiger partial charge in [-0.2, -0.15) is 5.10 Å². The fraction of sp³-hybridized carbons (Fsp3) is 0.250. The number of halogens is 1. The molecule has 0 spiro atoms. The number of rotatable bonds is 1. The summed E-state index contributed by atoms with van der Waals surface area (Å²) >= 11 is 3.31. The van der Waals surface area contributed by atoms with Gasteiger partial charge in [0.15, 0.2) is 5.75 Å². The number of pyridine rings is 1. The summed E-state index contributed by atoms with van der Waals surface area (Å²) < 4.78 is 7.67. The topological polar surface area (TPSA) is 39.9 Å². The quantitative estimate of drug-likeness (QED) is 0.715. The Bertz CT molecular complexity index is 452. The fourth-order valence-corrected chi connectivity index (χ4v) is 1.73. The van der Waals surface area contributed by atoms with Crippen LogP contribution < -0.4 is 4.74 Å². The van der Waals surface area contributed by atoms with E-state index < -0.39 is 0 Å². The van der Waals surface area contributed by atoms with Crippen molar-refractivity contribution in [3.8, 4) is 5.75 Å². The van der Waals surface area contributed by atoms with Gasteiger partial charge in [-0.25, -0.2) is 4.98 Å². The van der Waals surface area contributed by atoms with Crippen molar-refractivity contribution in [3.05, 3.63) is 17.0 Å². The number of hydrogen-bond donors (Lipinski definition) is 0. The van der Waals surface area contributed by atoms with Gasteiger partial charge in [0, 0.05) is 7.05 Å². The van der Waals surface area contributed by atoms with Gasteiger partial charge < -0.3 is 4.74 Å². The molecule has 0 aliphatic rings. The SMILES string of the molecule is COc1c(Br)ncc2c1cnn2C. The van der Waals surface area contributed by atoms with Gasteiger partial charge >= 0.3 is 0 Å². The van der Waals surface area contributed by atoms with Crippen molar-refractivity contribution in [1.82, 2.24) is 14.8 Å². The fourth-order valence-electron chi connectivity index (χ4n) is 1.26. The Morgan fingerprint density at radius 3 is 2.92 bits per heavy atom. The summed E-state index contributed by atoms with van der Waals surface area (Å²) in [5, 5.41) is 5.09. The van der Waals surface area contributed by atoms with E-state index >= 15 is 0 Å². The molecular weight excluding hydrogens is 234 g/mol. The number of aryl methyl sites for hydroxylation is 1. The molecule has 13 heavy (non-hydrogen) atoms. The standard InChI is InChI=1S/C8H8BrN3O/c1-12-6-4-10-8(9)7(13-2)5(6)3-11-12/h3-4H,1-2H3. The van der Waals surface area contributed by atoms with Gasteiger partial charge in [0.05, 0.1) is 30.4 Å². The Morgan fingerprint density at radius 1 is 1.46 bits per heavy atom. The number of fused-ring (bicyclic) bond motifs is 1. The molecule has 4 nitrogen and oxygen atoms in total. The summed E-state index contributed by atoms with van der Waals surface area (Å²) in [5.74, 6) is 0.727. The van der Waals surface area contributed by atoms with Crippen molar-refractivity contribution >= 4 is 26.8 Å². The zero-order valence-electron chi connectivity index (χ0n) is 7.28. The summed E-state index contributed by atoms with van der Waals surface area (Å²) in [7, 11) is 3.49. The second kappa shape index (κ2) is 2.99. The highest BCUT2D eigenvalue weighted by atomic mass is 79.9. The Labute approximate surface area is 83.7 Å². The van der Waals surface area contributed by atoms with Gasteiger partial charge in [0.25, 0.3) is 0 Å². The lowest BCUT2D eigenvalue weighted by Crippen LogP contribution is -1.91. The molecule has 0 atom stereocenters. The molecule has 5 heteroatoms. The highest BCUT2D eigenvalue weighted by Gasteiger charge is 2.09. The molecule has 2 aromatic heterocycles. The smallest absolute Gasteiger partial charge is 0.162 e. The summed E-state index contributed by atoms with van der Waals surface area (Å²) in [5.41, 5.74) is 0.958. The Balaban J connectivity index is 2.85. The van der Waals surface area contributed by atoms with Gasteiger partial charge in [-0.3, -0.25) is 4.68 Å². The van der Waals surface area contributed by atoms with Crippen molar-refractivity contribution in [3.63, 3.8) is 0 Å². The zero-order valence-corrected chi connectivity index (χ0v) is 8.87. The maximum Gasteiger partial charge on any atom is 0.162 e. The molecule has 0 fully saturated rings. The van der Waals surface area contributed by atoms with Gasteiger partial charge in [0.2, 0.25) is 0 Å². The minimum absolute atomic E-state index is 0.704. The van der Waals surface area contributed by atoms with E-state index in [1.54, 1.807) is 24.2 Å². The van der Waals surface area contributed by atoms with E-state index in [2.05, 4.69) is 26.0 Å². The third-order valence-corrected chi connectivity index (χ3v) is 2.49. The highest BCUT2D eigenvalue weighted by molar-refractivity contribution is 9.10. The highest BCUT2D eigenvalue weighted by Crippen LogP contribution is 2.30. The van der Waals surface area contributed by atoms with Crippen LogP contribution >= 0.6 is 15.9 Å². The lowest BCUT2D eigenvalue weighted by molar-refractivity contribution is 0.415. The zero-order chi connectivity index (χ0) is 9.42. The molecule has 0 amide bonds. The van der Waals surface area contributed by atoms with Crippen molar-refractivity contribution in [2.24, 2.45) is 7.05 Å². The summed E-state index contributed by atoms with van der Waals surface area (Å²) in [6, 6.07) is 0. The largest absolute Gasteiger partial charge is 0.493 e. The lowest BCUT2D eigenvalue weighted by Gasteiger charge is -2.02. The van der Waals surface area contributed by atoms with Crippen LogP contribution in [0.2, 0.25) is 0 Å². The van der Waals surface area contributed by atoms with Crippen molar-refractivity contribution in [1.29, 1.82) is 0 Å². The first kappa shape index (κ1) is 8.50. The van der Waals surface area contributed by atoms with Gasteiger partial charge in [-0.15, -0.1) is 0 Å². The van der Waals surface area contributed by atoms with Crippen LogP contribution in [-0.2, 0) is 7.05 Å². The summed E-state index contributed by atoms with van der Waals surface area (Å²) in [6.07, 6.45) is 3.52. The van der Waals surface area contributed by atoms with Crippen LogP contribution in [0.5, 0.6) is 5.75 Å². The van der Waals surface area contributed by atoms with Gasteiger partial charge in [-0.1, -0.05) is 0 Å². The molecule has 0 unspecified atom stereocenters. The maximum atomic E-state index is 5.21. The number of nitrogens with zero attached hydrogens (tertiary/aromatic N) is 3. The second-order valence-electron chi connectivity index (χ2n) is 2.65. The molecule has 2 rings (SSSR count). The molecular formula is C8H8BrN3O. The molecule has 0 aliphatic carbocycles. The predicted molar refractivity (Wildman–Crippen MR) is 52.8 cm³/mol. The first-order chi connectivity index (χ1) is 6.24. The predicted octanol–water partition coefficient (Wildman–Crippen LogP) is 1.74. The number of methoxy groups -OCH3 is 1. The maximum absolute atomic E-state index is 5.21. The monoisotopic (exact) mass is 241 g/mol. The first-order valence-corrected chi connectivity index (χ1v) is 4.53. The van der Waals surface area contributed by atoms with Crippen molar-refractivity contribution in [2.75, 3.05) is 7.11 Å². The van der Waals surface area contributed by atoms with E-state index in [1.165, 1.54) is 0 Å². The molecule has 0 radical (unpaired) electrons. The second-order valence-corrected chi connectivity index (χ2v) is 3.40. The van der Waals surface area contributed by atoms with E-state index in [0.29, 0.717) is 4.60 Å². The Hall–Kier alpha value is -1.10. The molecule has 0 aromatic carbocycles. The molecule has 0 bridgehead atoms. The third kappa shape index (κ3) is 1.19. The molecule has 2 heterocycles. The van der Waals surface area contributed by atoms with Crippen molar-refractivity contribution in [2.45, 2.75) is 0 Å². The average molecular weight is 242 g/mol. The molecule has 0 N–H and O–H groups in total. The van der Waals surface area contributed by atoms with Gasteiger partial charge in [-0.05, 0) is 15.9 Å². The normalized spacial score (nSPS) is 10.7. The van der Waals surface area contributed by atoms with E-state index in [0.717, 1.165) is 16.7 Å². The average Bonchev–Trinajstić information content (AvgIpc) is 2.48. The van der Waals surface area contributed by atoms with Gasteiger partial charge in [0.1, 0.15) is 4.60 Å². The number of hydrogen-bond acceptors (Lipinski definition) is 3. The van der Waals surface area contributed by atoms with E-state index in [1.807, 2.05) is 7.05 Å². The summed E-state index contributed by atoms with van der Waals surface area (Å²) in [6.45, 7) is 0. The van der Waals surface area contributed by atoms with E-state index in [9.17, 15) is 0 Å². The molecule has 0 saturated carbocycles. The third-order valence-electron chi connectivity index (χ3n) is 1.92. The lowest BCUT2D eigenvalue weighted by atomic mass is 10.3. The minimum atomic E-state index is 0.704. The van der Waals surface area contributed by atoms with Crippen LogP contribution in [0.3, 0.4) is 0 Å². The first-order valence-electron chi connectivity index (χ1n) is 3.74. The molecule has 68 valence electrons. The molecule has 2 aromatic rings. The van der Waals surface area contributed by atoms with Crippen LogP contribution in [0.15, 0.2) is 17.0 Å². The Kier molecular flexibility index (Phi) is 1.95. The van der Waals surface area contributed by atoms with E-state index in [4.69, 9.17) is 4.74 Å². The molecule has 0 aliphatic heterocycles. The van der Waals surface area contributed by atoms with E-state index in [-0.39, 0.29) is 0 Å². The van der Waals surface area contributed by atoms with Crippen LogP contribution in [-0.4, -0.2) is 21.9 Å². The summed E-state index contributed by atoms with van der Waals surface area (Å²) in [4.78, 5) is 4.14. The van der Waals surface area contributed by atoms with Crippen molar-refractivity contribution < 1.29 is 4.74 Å². The van der Waals surface area contributed by atoms with Crippen LogP contribution in [0.4, 0.5) is 0 Å². The van der Waals surface area contributed by atoms with Crippen LogP contribution in [0.1, 0.15) is 0 Å². The van der Waals surface area contributed by atoms with Crippen LogP contribution in [0, 0.1) is 0 Å². The Morgan fingerprint density at radius 2 is 2.23 bits per heavy atom.